The molecule has 168 valence electrons. The molecule has 1 atom stereocenters. The van der Waals surface area contributed by atoms with Gasteiger partial charge in [-0.3, -0.25) is 4.98 Å². The van der Waals surface area contributed by atoms with Gasteiger partial charge in [-0.15, -0.1) is 0 Å². The number of rotatable bonds is 6. The molecule has 0 amide bonds. The van der Waals surface area contributed by atoms with Gasteiger partial charge in [-0.05, 0) is 41.5 Å². The van der Waals surface area contributed by atoms with Gasteiger partial charge in [0.25, 0.3) is 6.01 Å². The van der Waals surface area contributed by atoms with E-state index in [-0.39, 0.29) is 31.2 Å². The second kappa shape index (κ2) is 8.42. The molecule has 0 radical (unpaired) electrons. The number of halogens is 1. The molecule has 0 fully saturated rings. The number of aromatic nitrogens is 2. The van der Waals surface area contributed by atoms with E-state index in [1.807, 2.05) is 18.2 Å². The van der Waals surface area contributed by atoms with E-state index in [0.717, 1.165) is 16.7 Å². The summed E-state index contributed by atoms with van der Waals surface area (Å²) < 4.78 is 30.9. The quantitative estimate of drug-likeness (QED) is 0.472. The van der Waals surface area contributed by atoms with Crippen molar-refractivity contribution in [3.63, 3.8) is 0 Å². The maximum Gasteiger partial charge on any atom is 0.326 e. The van der Waals surface area contributed by atoms with Crippen LogP contribution in [0.1, 0.15) is 16.7 Å². The van der Waals surface area contributed by atoms with Gasteiger partial charge in [0.15, 0.2) is 17.1 Å². The zero-order chi connectivity index (χ0) is 22.9. The second-order valence-electron chi connectivity index (χ2n) is 7.67. The Kier molecular flexibility index (Phi) is 5.29. The summed E-state index contributed by atoms with van der Waals surface area (Å²) in [5, 5.41) is 9.99. The highest BCUT2D eigenvalue weighted by atomic mass is 19.1. The van der Waals surface area contributed by atoms with E-state index in [0.29, 0.717) is 17.0 Å². The van der Waals surface area contributed by atoms with Crippen LogP contribution in [-0.4, -0.2) is 34.2 Å². The number of oxazole rings is 1. The Balaban J connectivity index is 1.52. The van der Waals surface area contributed by atoms with E-state index in [1.165, 1.54) is 18.2 Å². The maximum absolute atomic E-state index is 13.6. The topological polar surface area (TPSA) is 97.9 Å². The highest BCUT2D eigenvalue weighted by Gasteiger charge is 2.36. The number of fused-ring (bicyclic) bond motifs is 2. The van der Waals surface area contributed by atoms with Crippen LogP contribution in [-0.2, 0) is 24.4 Å². The zero-order valence-corrected chi connectivity index (χ0v) is 17.7. The minimum absolute atomic E-state index is 0.128. The molecule has 0 saturated carbocycles. The molecule has 0 spiro atoms. The largest absolute Gasteiger partial charge is 0.493 e. The maximum atomic E-state index is 13.6. The summed E-state index contributed by atoms with van der Waals surface area (Å²) in [6, 6.07) is 10.6. The van der Waals surface area contributed by atoms with Crippen LogP contribution in [0.4, 0.5) is 10.4 Å². The van der Waals surface area contributed by atoms with Crippen molar-refractivity contribution in [1.82, 2.24) is 9.97 Å². The van der Waals surface area contributed by atoms with Crippen LogP contribution in [0.2, 0.25) is 0 Å². The predicted octanol–water partition coefficient (Wildman–Crippen LogP) is 3.97. The van der Waals surface area contributed by atoms with E-state index in [4.69, 9.17) is 13.9 Å². The second-order valence-corrected chi connectivity index (χ2v) is 7.67. The standard InChI is InChI=1S/C24H20FN3O5/c1-31-20-5-2-15-12-28(24-27-18-4-3-16(25)10-21(18)33-24)19(23(29)30)11-17(15)22(20)32-13-14-6-8-26-9-7-14/h2-10,19H,11-13H2,1H3,(H,29,30). The Hall–Kier alpha value is -4.14. The lowest BCUT2D eigenvalue weighted by Gasteiger charge is -2.34. The molecule has 5 rings (SSSR count). The molecule has 4 aromatic rings. The van der Waals surface area contributed by atoms with Crippen LogP contribution in [0.5, 0.6) is 11.5 Å². The Morgan fingerprint density at radius 2 is 2.06 bits per heavy atom. The first kappa shape index (κ1) is 20.7. The van der Waals surface area contributed by atoms with Crippen molar-refractivity contribution in [3.05, 3.63) is 77.4 Å². The molecule has 0 saturated heterocycles. The fraction of sp³-hybridized carbons (Fsp3) is 0.208. The summed E-state index contributed by atoms with van der Waals surface area (Å²) in [6.07, 6.45) is 3.52. The van der Waals surface area contributed by atoms with Gasteiger partial charge in [-0.2, -0.15) is 4.98 Å². The van der Waals surface area contributed by atoms with E-state index in [1.54, 1.807) is 30.5 Å². The van der Waals surface area contributed by atoms with Crippen LogP contribution in [0.15, 0.2) is 59.3 Å². The number of hydrogen-bond acceptors (Lipinski definition) is 7. The number of aliphatic carboxylic acids is 1. The molecule has 33 heavy (non-hydrogen) atoms. The van der Waals surface area contributed by atoms with Gasteiger partial charge in [-0.25, -0.2) is 9.18 Å². The number of benzene rings is 2. The molecule has 1 unspecified atom stereocenters. The molecule has 0 aliphatic carbocycles. The summed E-state index contributed by atoms with van der Waals surface area (Å²) >= 11 is 0. The number of anilines is 1. The minimum Gasteiger partial charge on any atom is -0.493 e. The normalized spacial score (nSPS) is 15.3. The number of pyridine rings is 1. The average Bonchev–Trinajstić information content (AvgIpc) is 3.25. The lowest BCUT2D eigenvalue weighted by atomic mass is 9.93. The first-order valence-corrected chi connectivity index (χ1v) is 10.3. The molecule has 0 bridgehead atoms. The number of carboxylic acid groups (broad SMARTS) is 1. The highest BCUT2D eigenvalue weighted by molar-refractivity contribution is 5.81. The average molecular weight is 449 g/mol. The molecule has 8 nitrogen and oxygen atoms in total. The van der Waals surface area contributed by atoms with E-state index < -0.39 is 17.8 Å². The lowest BCUT2D eigenvalue weighted by Crippen LogP contribution is -2.46. The SMILES string of the molecule is COc1ccc2c(c1OCc1ccncc1)CC(C(=O)O)N(c1nc3ccc(F)cc3o1)C2. The molecule has 2 aromatic carbocycles. The number of ether oxygens (including phenoxy) is 2. The third-order valence-electron chi connectivity index (χ3n) is 5.66. The number of carboxylic acids is 1. The van der Waals surface area contributed by atoms with Crippen molar-refractivity contribution in [2.45, 2.75) is 25.6 Å². The minimum atomic E-state index is -1.03. The Labute approximate surface area is 188 Å². The number of carbonyl (C=O) groups is 1. The van der Waals surface area contributed by atoms with Crippen LogP contribution in [0.25, 0.3) is 11.1 Å². The number of hydrogen-bond donors (Lipinski definition) is 1. The van der Waals surface area contributed by atoms with Gasteiger partial charge in [0, 0.05) is 37.0 Å². The zero-order valence-electron chi connectivity index (χ0n) is 17.7. The van der Waals surface area contributed by atoms with Gasteiger partial charge >= 0.3 is 5.97 Å². The van der Waals surface area contributed by atoms with Crippen LogP contribution >= 0.6 is 0 Å². The summed E-state index contributed by atoms with van der Waals surface area (Å²) in [4.78, 5) is 22.2. The van der Waals surface area contributed by atoms with Gasteiger partial charge in [-0.1, -0.05) is 6.07 Å². The van der Waals surface area contributed by atoms with Crippen molar-refractivity contribution in [1.29, 1.82) is 0 Å². The number of nitrogens with zero attached hydrogens (tertiary/aromatic N) is 3. The molecule has 2 aromatic heterocycles. The fourth-order valence-electron chi connectivity index (χ4n) is 4.00. The van der Waals surface area contributed by atoms with Crippen LogP contribution < -0.4 is 14.4 Å². The van der Waals surface area contributed by atoms with Gasteiger partial charge in [0.05, 0.1) is 7.11 Å². The Morgan fingerprint density at radius 3 is 2.82 bits per heavy atom. The van der Waals surface area contributed by atoms with Crippen molar-refractivity contribution >= 4 is 23.1 Å². The van der Waals surface area contributed by atoms with E-state index in [2.05, 4.69) is 9.97 Å². The first-order chi connectivity index (χ1) is 16.0. The van der Waals surface area contributed by atoms with E-state index >= 15 is 0 Å². The third kappa shape index (κ3) is 3.93. The monoisotopic (exact) mass is 449 g/mol. The summed E-state index contributed by atoms with van der Waals surface area (Å²) in [7, 11) is 1.54. The van der Waals surface area contributed by atoms with Gasteiger partial charge < -0.3 is 23.9 Å². The lowest BCUT2D eigenvalue weighted by molar-refractivity contribution is -0.138. The fourth-order valence-corrected chi connectivity index (χ4v) is 4.00. The first-order valence-electron chi connectivity index (χ1n) is 10.3. The summed E-state index contributed by atoms with van der Waals surface area (Å²) in [6.45, 7) is 0.519. The van der Waals surface area contributed by atoms with Crippen LogP contribution in [0, 0.1) is 5.82 Å². The number of methoxy groups -OCH3 is 1. The highest BCUT2D eigenvalue weighted by Crippen LogP contribution is 2.40. The Bertz CT molecular complexity index is 1320. The molecule has 9 heteroatoms. The van der Waals surface area contributed by atoms with Gasteiger partial charge in [0.2, 0.25) is 0 Å². The molecule has 1 aliphatic rings. The van der Waals surface area contributed by atoms with Crippen LogP contribution in [0.3, 0.4) is 0 Å². The summed E-state index contributed by atoms with van der Waals surface area (Å²) in [5.74, 6) is -0.445. The van der Waals surface area contributed by atoms with Gasteiger partial charge in [0.1, 0.15) is 24.0 Å². The molecule has 3 heterocycles. The summed E-state index contributed by atoms with van der Waals surface area (Å²) in [5.41, 5.74) is 3.27. The van der Waals surface area contributed by atoms with Crippen molar-refractivity contribution in [2.24, 2.45) is 0 Å². The predicted molar refractivity (Wildman–Crippen MR) is 117 cm³/mol. The molecule has 1 aliphatic heterocycles. The Morgan fingerprint density at radius 1 is 1.24 bits per heavy atom. The molecule has 1 N–H and O–H groups in total. The van der Waals surface area contributed by atoms with Crippen molar-refractivity contribution < 1.29 is 28.2 Å². The van der Waals surface area contributed by atoms with E-state index in [9.17, 15) is 14.3 Å². The molecular formula is C24H20FN3O5. The van der Waals surface area contributed by atoms with Crippen molar-refractivity contribution in [2.75, 3.05) is 12.0 Å². The smallest absolute Gasteiger partial charge is 0.326 e. The third-order valence-corrected chi connectivity index (χ3v) is 5.66. The molecular weight excluding hydrogens is 429 g/mol. The van der Waals surface area contributed by atoms with Crippen molar-refractivity contribution in [3.8, 4) is 11.5 Å².